The van der Waals surface area contributed by atoms with Crippen LogP contribution in [0, 0.1) is 0 Å². The van der Waals surface area contributed by atoms with Crippen LogP contribution in [-0.4, -0.2) is 24.5 Å². The van der Waals surface area contributed by atoms with Crippen molar-refractivity contribution in [3.8, 4) is 0 Å². The molecule has 0 aromatic carbocycles. The Balaban J connectivity index is 2.58. The van der Waals surface area contributed by atoms with Gasteiger partial charge in [-0.25, -0.2) is 4.79 Å². The molecule has 0 saturated carbocycles. The van der Waals surface area contributed by atoms with Crippen molar-refractivity contribution >= 4 is 29.3 Å². The van der Waals surface area contributed by atoms with E-state index < -0.39 is 11.5 Å². The van der Waals surface area contributed by atoms with Crippen LogP contribution in [-0.2, 0) is 14.3 Å². The molecule has 0 aliphatic heterocycles. The van der Waals surface area contributed by atoms with Crippen LogP contribution in [0.5, 0.6) is 0 Å². The van der Waals surface area contributed by atoms with Crippen LogP contribution in [0.25, 0.3) is 6.08 Å². The minimum atomic E-state index is -1.02. The highest BCUT2D eigenvalue weighted by molar-refractivity contribution is 7.08. The molecular formula is C12H15NO3S. The molecule has 1 heterocycles. The summed E-state index contributed by atoms with van der Waals surface area (Å²) in [7, 11) is 1.29. The Morgan fingerprint density at radius 1 is 1.47 bits per heavy atom. The van der Waals surface area contributed by atoms with E-state index in [1.807, 2.05) is 16.8 Å². The Bertz CT molecular complexity index is 421. The molecule has 1 aromatic rings. The van der Waals surface area contributed by atoms with E-state index in [-0.39, 0.29) is 5.91 Å². The summed E-state index contributed by atoms with van der Waals surface area (Å²) in [6.45, 7) is 3.18. The van der Waals surface area contributed by atoms with Crippen LogP contribution in [0.3, 0.4) is 0 Å². The number of ether oxygens (including phenoxy) is 1. The maximum atomic E-state index is 11.6. The van der Waals surface area contributed by atoms with Gasteiger partial charge in [0.25, 0.3) is 0 Å². The molecule has 92 valence electrons. The Hall–Kier alpha value is -1.62. The summed E-state index contributed by atoms with van der Waals surface area (Å²) >= 11 is 1.56. The molecule has 0 saturated heterocycles. The number of thiophene rings is 1. The van der Waals surface area contributed by atoms with Gasteiger partial charge in [0.15, 0.2) is 0 Å². The minimum Gasteiger partial charge on any atom is -0.467 e. The first-order valence-electron chi connectivity index (χ1n) is 5.06. The topological polar surface area (TPSA) is 55.4 Å². The van der Waals surface area contributed by atoms with Gasteiger partial charge in [-0.1, -0.05) is 0 Å². The van der Waals surface area contributed by atoms with E-state index in [0.29, 0.717) is 0 Å². The summed E-state index contributed by atoms with van der Waals surface area (Å²) in [5.74, 6) is -0.804. The second-order valence-electron chi connectivity index (χ2n) is 4.00. The van der Waals surface area contributed by atoms with Crippen LogP contribution in [0.2, 0.25) is 0 Å². The molecule has 0 atom stereocenters. The summed E-state index contributed by atoms with van der Waals surface area (Å²) in [6, 6.07) is 1.90. The van der Waals surface area contributed by atoms with Crippen molar-refractivity contribution in [3.63, 3.8) is 0 Å². The first kappa shape index (κ1) is 13.4. The number of nitrogens with one attached hydrogen (secondary N) is 1. The molecule has 1 amide bonds. The van der Waals surface area contributed by atoms with Crippen LogP contribution in [0.1, 0.15) is 19.4 Å². The lowest BCUT2D eigenvalue weighted by Crippen LogP contribution is -2.49. The Morgan fingerprint density at radius 2 is 2.18 bits per heavy atom. The lowest BCUT2D eigenvalue weighted by atomic mass is 10.1. The maximum Gasteiger partial charge on any atom is 0.330 e. The average Bonchev–Trinajstić information content (AvgIpc) is 2.77. The van der Waals surface area contributed by atoms with Crippen molar-refractivity contribution in [2.24, 2.45) is 0 Å². The molecule has 0 spiro atoms. The highest BCUT2D eigenvalue weighted by Crippen LogP contribution is 2.08. The molecule has 0 aliphatic rings. The number of carbonyl (C=O) groups excluding carboxylic acids is 2. The molecule has 1 rings (SSSR count). The number of hydrogen-bond acceptors (Lipinski definition) is 4. The Labute approximate surface area is 104 Å². The van der Waals surface area contributed by atoms with E-state index in [4.69, 9.17) is 0 Å². The number of methoxy groups -OCH3 is 1. The summed E-state index contributed by atoms with van der Waals surface area (Å²) in [5, 5.41) is 6.42. The SMILES string of the molecule is COC(=O)C(C)(C)NC(=O)C=Cc1ccsc1. The van der Waals surface area contributed by atoms with Crippen molar-refractivity contribution in [1.82, 2.24) is 5.32 Å². The van der Waals surface area contributed by atoms with Crippen molar-refractivity contribution < 1.29 is 14.3 Å². The third kappa shape index (κ3) is 4.03. The molecule has 4 nitrogen and oxygen atoms in total. The standard InChI is InChI=1S/C12H15NO3S/c1-12(2,11(15)16-3)13-10(14)5-4-9-6-7-17-8-9/h4-8H,1-3H3,(H,13,14). The van der Waals surface area contributed by atoms with Crippen LogP contribution in [0.15, 0.2) is 22.9 Å². The van der Waals surface area contributed by atoms with Crippen LogP contribution in [0.4, 0.5) is 0 Å². The lowest BCUT2D eigenvalue weighted by Gasteiger charge is -2.21. The third-order valence-electron chi connectivity index (χ3n) is 2.10. The van der Waals surface area contributed by atoms with Gasteiger partial charge in [0, 0.05) is 6.08 Å². The Kier molecular flexibility index (Phi) is 4.45. The summed E-state index contributed by atoms with van der Waals surface area (Å²) < 4.78 is 4.59. The predicted molar refractivity (Wildman–Crippen MR) is 67.6 cm³/mol. The fourth-order valence-corrected chi connectivity index (χ4v) is 1.83. The fraction of sp³-hybridized carbons (Fsp3) is 0.333. The molecule has 0 bridgehead atoms. The molecule has 1 N–H and O–H groups in total. The van der Waals surface area contributed by atoms with Gasteiger partial charge in [-0.15, -0.1) is 0 Å². The van der Waals surface area contributed by atoms with E-state index in [0.717, 1.165) is 5.56 Å². The molecule has 17 heavy (non-hydrogen) atoms. The first-order valence-corrected chi connectivity index (χ1v) is 6.01. The van der Waals surface area contributed by atoms with Crippen molar-refractivity contribution in [2.45, 2.75) is 19.4 Å². The lowest BCUT2D eigenvalue weighted by molar-refractivity contribution is -0.148. The zero-order valence-electron chi connectivity index (χ0n) is 10.0. The van der Waals surface area contributed by atoms with Gasteiger partial charge in [0.1, 0.15) is 5.54 Å². The summed E-state index contributed by atoms with van der Waals surface area (Å²) in [5.41, 5.74) is -0.0637. The smallest absolute Gasteiger partial charge is 0.330 e. The molecular weight excluding hydrogens is 238 g/mol. The van der Waals surface area contributed by atoms with Gasteiger partial charge in [-0.05, 0) is 42.3 Å². The monoisotopic (exact) mass is 253 g/mol. The number of hydrogen-bond donors (Lipinski definition) is 1. The summed E-state index contributed by atoms with van der Waals surface area (Å²) in [4.78, 5) is 22.9. The number of rotatable bonds is 4. The summed E-state index contributed by atoms with van der Waals surface area (Å²) in [6.07, 6.45) is 3.09. The highest BCUT2D eigenvalue weighted by Gasteiger charge is 2.29. The minimum absolute atomic E-state index is 0.327. The molecule has 0 radical (unpaired) electrons. The van der Waals surface area contributed by atoms with Gasteiger partial charge >= 0.3 is 5.97 Å². The predicted octanol–water partition coefficient (Wildman–Crippen LogP) is 1.83. The first-order chi connectivity index (χ1) is 7.95. The van der Waals surface area contributed by atoms with Crippen LogP contribution < -0.4 is 5.32 Å². The van der Waals surface area contributed by atoms with E-state index in [1.54, 1.807) is 31.3 Å². The van der Waals surface area contributed by atoms with Crippen molar-refractivity contribution in [2.75, 3.05) is 7.11 Å². The van der Waals surface area contributed by atoms with Crippen molar-refractivity contribution in [3.05, 3.63) is 28.5 Å². The third-order valence-corrected chi connectivity index (χ3v) is 2.80. The number of carbonyl (C=O) groups is 2. The molecule has 0 unspecified atom stereocenters. The molecule has 0 aliphatic carbocycles. The quantitative estimate of drug-likeness (QED) is 0.658. The molecule has 5 heteroatoms. The molecule has 0 fully saturated rings. The number of amides is 1. The normalized spacial score (nSPS) is 11.5. The van der Waals surface area contributed by atoms with Gasteiger partial charge in [-0.3, -0.25) is 4.79 Å². The van der Waals surface area contributed by atoms with Gasteiger partial charge < -0.3 is 10.1 Å². The highest BCUT2D eigenvalue weighted by atomic mass is 32.1. The second-order valence-corrected chi connectivity index (χ2v) is 4.78. The Morgan fingerprint density at radius 3 is 2.71 bits per heavy atom. The van der Waals surface area contributed by atoms with Crippen LogP contribution >= 0.6 is 11.3 Å². The number of esters is 1. The maximum absolute atomic E-state index is 11.6. The zero-order valence-corrected chi connectivity index (χ0v) is 10.8. The van der Waals surface area contributed by atoms with Crippen molar-refractivity contribution in [1.29, 1.82) is 0 Å². The van der Waals surface area contributed by atoms with E-state index in [1.165, 1.54) is 13.2 Å². The van der Waals surface area contributed by atoms with Gasteiger partial charge in [0.05, 0.1) is 7.11 Å². The van der Waals surface area contributed by atoms with E-state index in [9.17, 15) is 9.59 Å². The zero-order chi connectivity index (χ0) is 12.9. The average molecular weight is 253 g/mol. The molecule has 1 aromatic heterocycles. The van der Waals surface area contributed by atoms with E-state index in [2.05, 4.69) is 10.1 Å². The van der Waals surface area contributed by atoms with Gasteiger partial charge in [-0.2, -0.15) is 11.3 Å². The largest absolute Gasteiger partial charge is 0.467 e. The second kappa shape index (κ2) is 5.63. The fourth-order valence-electron chi connectivity index (χ4n) is 1.20. The van der Waals surface area contributed by atoms with E-state index >= 15 is 0 Å². The van der Waals surface area contributed by atoms with Gasteiger partial charge in [0.2, 0.25) is 5.91 Å².